The van der Waals surface area contributed by atoms with Crippen molar-refractivity contribution in [1.82, 2.24) is 19.6 Å². The Morgan fingerprint density at radius 3 is 3.00 bits per heavy atom. The van der Waals surface area contributed by atoms with Crippen LogP contribution >= 0.6 is 0 Å². The summed E-state index contributed by atoms with van der Waals surface area (Å²) in [6.45, 7) is 0. The molecule has 2 heterocycles. The third kappa shape index (κ3) is 1.28. The van der Waals surface area contributed by atoms with Crippen molar-refractivity contribution in [2.45, 2.75) is 0 Å². The van der Waals surface area contributed by atoms with E-state index < -0.39 is 5.82 Å². The zero-order valence-corrected chi connectivity index (χ0v) is 8.98. The Bertz CT molecular complexity index is 719. The van der Waals surface area contributed by atoms with Gasteiger partial charge in [-0.25, -0.2) is 4.39 Å². The minimum atomic E-state index is -0.469. The molecule has 2 aromatic heterocycles. The number of hydrogen-bond acceptors (Lipinski definition) is 5. The second-order valence-corrected chi connectivity index (χ2v) is 3.60. The first-order valence-corrected chi connectivity index (χ1v) is 4.97. The molecule has 0 aliphatic carbocycles. The van der Waals surface area contributed by atoms with Crippen molar-refractivity contribution in [3.05, 3.63) is 24.3 Å². The van der Waals surface area contributed by atoms with Gasteiger partial charge in [-0.1, -0.05) is 0 Å². The fraction of sp³-hybridized carbons (Fsp3) is 0.100. The molecule has 0 fully saturated rings. The first-order valence-electron chi connectivity index (χ1n) is 4.97. The van der Waals surface area contributed by atoms with Crippen LogP contribution in [0.15, 0.2) is 18.5 Å². The summed E-state index contributed by atoms with van der Waals surface area (Å²) in [6.07, 6.45) is 1.52. The molecule has 7 heteroatoms. The number of fused-ring (bicyclic) bond motifs is 3. The molecule has 3 N–H and O–H groups in total. The summed E-state index contributed by atoms with van der Waals surface area (Å²) in [5, 5.41) is 11.2. The Labute approximate surface area is 95.3 Å². The fourth-order valence-corrected chi connectivity index (χ4v) is 1.79. The van der Waals surface area contributed by atoms with Crippen molar-refractivity contribution in [2.75, 3.05) is 18.1 Å². The topological polar surface area (TPSA) is 81.1 Å². The lowest BCUT2D eigenvalue weighted by atomic mass is 10.2. The summed E-state index contributed by atoms with van der Waals surface area (Å²) < 4.78 is 15.1. The van der Waals surface area contributed by atoms with E-state index in [-0.39, 0.29) is 5.69 Å². The Morgan fingerprint density at radius 2 is 2.24 bits per heavy atom. The van der Waals surface area contributed by atoms with Crippen molar-refractivity contribution >= 4 is 28.2 Å². The zero-order chi connectivity index (χ0) is 12.0. The first-order chi connectivity index (χ1) is 8.20. The summed E-state index contributed by atoms with van der Waals surface area (Å²) in [5.41, 5.74) is 6.36. The van der Waals surface area contributed by atoms with Crippen molar-refractivity contribution in [2.24, 2.45) is 0 Å². The predicted octanol–water partition coefficient (Wildman–Crippen LogP) is 1.04. The monoisotopic (exact) mass is 232 g/mol. The van der Waals surface area contributed by atoms with E-state index in [1.165, 1.54) is 12.4 Å². The Hall–Kier alpha value is -2.44. The van der Waals surface area contributed by atoms with Crippen LogP contribution in [0.2, 0.25) is 0 Å². The van der Waals surface area contributed by atoms with Crippen LogP contribution < -0.4 is 11.1 Å². The van der Waals surface area contributed by atoms with E-state index in [9.17, 15) is 4.39 Å². The van der Waals surface area contributed by atoms with E-state index in [0.717, 1.165) is 0 Å². The standard InChI is InChI=1S/C10H9FN6/c1-13-9-5-2-6(11)7(12)3-8(5)17-4-14-16-10(17)15-9/h2-4H,12H2,1H3,(H,13,15,16). The molecule has 0 aliphatic heterocycles. The van der Waals surface area contributed by atoms with E-state index in [4.69, 9.17) is 5.73 Å². The van der Waals surface area contributed by atoms with Crippen LogP contribution in [0.4, 0.5) is 15.9 Å². The lowest BCUT2D eigenvalue weighted by Crippen LogP contribution is -2.01. The Kier molecular flexibility index (Phi) is 1.88. The summed E-state index contributed by atoms with van der Waals surface area (Å²) in [7, 11) is 1.71. The van der Waals surface area contributed by atoms with Gasteiger partial charge in [-0.3, -0.25) is 4.40 Å². The first kappa shape index (κ1) is 9.76. The SMILES string of the molecule is CNc1nc2nncn2c2cc(N)c(F)cc12. The van der Waals surface area contributed by atoms with E-state index in [1.807, 2.05) is 0 Å². The molecule has 86 valence electrons. The third-order valence-corrected chi connectivity index (χ3v) is 2.61. The van der Waals surface area contributed by atoms with Gasteiger partial charge in [0, 0.05) is 12.4 Å². The predicted molar refractivity (Wildman–Crippen MR) is 62.2 cm³/mol. The number of nitrogen functional groups attached to an aromatic ring is 1. The van der Waals surface area contributed by atoms with Crippen LogP contribution in [-0.4, -0.2) is 26.6 Å². The van der Waals surface area contributed by atoms with Crippen molar-refractivity contribution in [3.8, 4) is 0 Å². The molecule has 0 spiro atoms. The molecule has 6 nitrogen and oxygen atoms in total. The van der Waals surface area contributed by atoms with E-state index in [2.05, 4.69) is 20.5 Å². The number of benzene rings is 1. The van der Waals surface area contributed by atoms with Crippen LogP contribution in [-0.2, 0) is 0 Å². The van der Waals surface area contributed by atoms with Gasteiger partial charge in [-0.05, 0) is 12.1 Å². The quantitative estimate of drug-likeness (QED) is 0.613. The third-order valence-electron chi connectivity index (χ3n) is 2.61. The minimum absolute atomic E-state index is 0.0840. The molecule has 17 heavy (non-hydrogen) atoms. The number of hydrogen-bond donors (Lipinski definition) is 2. The lowest BCUT2D eigenvalue weighted by molar-refractivity contribution is 0.634. The number of halogens is 1. The number of nitrogens with one attached hydrogen (secondary N) is 1. The summed E-state index contributed by atoms with van der Waals surface area (Å²) in [6, 6.07) is 2.90. The van der Waals surface area contributed by atoms with Crippen LogP contribution in [0.3, 0.4) is 0 Å². The molecule has 0 radical (unpaired) electrons. The lowest BCUT2D eigenvalue weighted by Gasteiger charge is -2.08. The molecule has 3 rings (SSSR count). The number of nitrogens with two attached hydrogens (primary N) is 1. The molecule has 0 unspecified atom stereocenters. The molecule has 0 saturated carbocycles. The molecule has 0 saturated heterocycles. The summed E-state index contributed by atoms with van der Waals surface area (Å²) in [5.74, 6) is 0.510. The second-order valence-electron chi connectivity index (χ2n) is 3.60. The maximum atomic E-state index is 13.5. The number of rotatable bonds is 1. The van der Waals surface area contributed by atoms with E-state index in [0.29, 0.717) is 22.5 Å². The Morgan fingerprint density at radius 1 is 1.41 bits per heavy atom. The zero-order valence-electron chi connectivity index (χ0n) is 8.98. The average molecular weight is 232 g/mol. The summed E-state index contributed by atoms with van der Waals surface area (Å²) >= 11 is 0. The molecular weight excluding hydrogens is 223 g/mol. The van der Waals surface area contributed by atoms with Crippen LogP contribution in [0.25, 0.3) is 16.7 Å². The highest BCUT2D eigenvalue weighted by atomic mass is 19.1. The highest BCUT2D eigenvalue weighted by Gasteiger charge is 2.11. The molecular formula is C10H9FN6. The number of aromatic nitrogens is 4. The van der Waals surface area contributed by atoms with E-state index >= 15 is 0 Å². The molecule has 1 aromatic carbocycles. The minimum Gasteiger partial charge on any atom is -0.396 e. The number of anilines is 2. The maximum absolute atomic E-state index is 13.5. The van der Waals surface area contributed by atoms with Crippen LogP contribution in [0.5, 0.6) is 0 Å². The van der Waals surface area contributed by atoms with Gasteiger partial charge in [0.05, 0.1) is 11.2 Å². The van der Waals surface area contributed by atoms with E-state index in [1.54, 1.807) is 17.5 Å². The fourth-order valence-electron chi connectivity index (χ4n) is 1.79. The average Bonchev–Trinajstić information content (AvgIpc) is 2.78. The van der Waals surface area contributed by atoms with Crippen molar-refractivity contribution in [1.29, 1.82) is 0 Å². The molecule has 0 bridgehead atoms. The second kappa shape index (κ2) is 3.27. The van der Waals surface area contributed by atoms with Gasteiger partial charge in [0.2, 0.25) is 0 Å². The van der Waals surface area contributed by atoms with Gasteiger partial charge < -0.3 is 11.1 Å². The molecule has 0 aliphatic rings. The number of nitrogens with zero attached hydrogens (tertiary/aromatic N) is 4. The maximum Gasteiger partial charge on any atom is 0.257 e. The van der Waals surface area contributed by atoms with Gasteiger partial charge in [0.15, 0.2) is 0 Å². The van der Waals surface area contributed by atoms with Crippen molar-refractivity contribution in [3.63, 3.8) is 0 Å². The smallest absolute Gasteiger partial charge is 0.257 e. The van der Waals surface area contributed by atoms with Crippen LogP contribution in [0.1, 0.15) is 0 Å². The Balaban J connectivity index is 2.56. The van der Waals surface area contributed by atoms with Crippen LogP contribution in [0, 0.1) is 5.82 Å². The van der Waals surface area contributed by atoms with Gasteiger partial charge in [0.25, 0.3) is 5.78 Å². The highest BCUT2D eigenvalue weighted by molar-refractivity contribution is 5.93. The van der Waals surface area contributed by atoms with Gasteiger partial charge >= 0.3 is 0 Å². The summed E-state index contributed by atoms with van der Waals surface area (Å²) in [4.78, 5) is 4.22. The van der Waals surface area contributed by atoms with Gasteiger partial charge in [-0.2, -0.15) is 4.98 Å². The molecule has 0 amide bonds. The normalized spacial score (nSPS) is 11.2. The molecule has 3 aromatic rings. The van der Waals surface area contributed by atoms with Gasteiger partial charge in [0.1, 0.15) is 18.0 Å². The van der Waals surface area contributed by atoms with Crippen molar-refractivity contribution < 1.29 is 4.39 Å². The van der Waals surface area contributed by atoms with Gasteiger partial charge in [-0.15, -0.1) is 10.2 Å². The molecule has 0 atom stereocenters. The highest BCUT2D eigenvalue weighted by Crippen LogP contribution is 2.26. The largest absolute Gasteiger partial charge is 0.396 e.